The molecule has 1 saturated heterocycles. The number of amides is 1. The molecule has 2 aliphatic rings. The minimum Gasteiger partial charge on any atom is -0.368 e. The molecule has 3 rings (SSSR count). The van der Waals surface area contributed by atoms with Crippen molar-refractivity contribution >= 4 is 36.4 Å². The van der Waals surface area contributed by atoms with Crippen LogP contribution in [0.15, 0.2) is 24.3 Å². The normalized spacial score (nSPS) is 23.4. The average molecular weight is 374 g/mol. The van der Waals surface area contributed by atoms with Crippen LogP contribution in [0.4, 0.5) is 5.69 Å². The van der Waals surface area contributed by atoms with Crippen LogP contribution in [0.25, 0.3) is 0 Å². The van der Waals surface area contributed by atoms with Gasteiger partial charge in [-0.15, -0.1) is 24.8 Å². The van der Waals surface area contributed by atoms with Crippen LogP contribution < -0.4 is 10.6 Å². The van der Waals surface area contributed by atoms with Gasteiger partial charge in [0.2, 0.25) is 5.91 Å². The smallest absolute Gasteiger partial charge is 0.223 e. The first kappa shape index (κ1) is 21.1. The Morgan fingerprint density at radius 3 is 2.46 bits per heavy atom. The highest BCUT2D eigenvalue weighted by molar-refractivity contribution is 5.85. The topological polar surface area (TPSA) is 49.6 Å². The van der Waals surface area contributed by atoms with Gasteiger partial charge in [-0.1, -0.05) is 18.6 Å². The molecule has 1 amide bonds. The number of halogens is 2. The SMILES string of the molecule is Cc1cccc(N2CCN(C(=O)C[C@@H]3CCC[C@H]3N)CC2)c1.Cl.Cl. The maximum absolute atomic E-state index is 12.4. The van der Waals surface area contributed by atoms with Crippen LogP contribution in [0.2, 0.25) is 0 Å². The van der Waals surface area contributed by atoms with Crippen LogP contribution in [0.3, 0.4) is 0 Å². The van der Waals surface area contributed by atoms with Crippen molar-refractivity contribution in [1.82, 2.24) is 4.90 Å². The Hall–Kier alpha value is -0.970. The lowest BCUT2D eigenvalue weighted by atomic mass is 9.99. The second-order valence-corrected chi connectivity index (χ2v) is 6.77. The maximum Gasteiger partial charge on any atom is 0.223 e. The number of nitrogens with zero attached hydrogens (tertiary/aromatic N) is 2. The van der Waals surface area contributed by atoms with Crippen LogP contribution in [0.1, 0.15) is 31.2 Å². The fraction of sp³-hybridized carbons (Fsp3) is 0.611. The molecule has 0 bridgehead atoms. The fourth-order valence-electron chi connectivity index (χ4n) is 3.71. The molecule has 0 aromatic heterocycles. The van der Waals surface area contributed by atoms with Crippen molar-refractivity contribution in [3.05, 3.63) is 29.8 Å². The molecule has 2 N–H and O–H groups in total. The number of anilines is 1. The second kappa shape index (κ2) is 9.50. The third-order valence-corrected chi connectivity index (χ3v) is 5.15. The van der Waals surface area contributed by atoms with Gasteiger partial charge < -0.3 is 15.5 Å². The van der Waals surface area contributed by atoms with Crippen molar-refractivity contribution in [2.24, 2.45) is 11.7 Å². The van der Waals surface area contributed by atoms with Crippen molar-refractivity contribution in [2.75, 3.05) is 31.1 Å². The Bertz CT molecular complexity index is 533. The van der Waals surface area contributed by atoms with Crippen LogP contribution >= 0.6 is 24.8 Å². The Labute approximate surface area is 157 Å². The molecule has 6 heteroatoms. The van der Waals surface area contributed by atoms with Gasteiger partial charge in [-0.05, 0) is 43.4 Å². The van der Waals surface area contributed by atoms with E-state index in [0.29, 0.717) is 18.2 Å². The molecule has 136 valence electrons. The Morgan fingerprint density at radius 2 is 1.88 bits per heavy atom. The van der Waals surface area contributed by atoms with E-state index in [0.717, 1.165) is 39.0 Å². The van der Waals surface area contributed by atoms with Gasteiger partial charge in [0.05, 0.1) is 0 Å². The Morgan fingerprint density at radius 1 is 1.17 bits per heavy atom. The molecule has 0 unspecified atom stereocenters. The summed E-state index contributed by atoms with van der Waals surface area (Å²) in [4.78, 5) is 16.8. The van der Waals surface area contributed by atoms with E-state index in [1.54, 1.807) is 0 Å². The highest BCUT2D eigenvalue weighted by atomic mass is 35.5. The lowest BCUT2D eigenvalue weighted by molar-refractivity contribution is -0.132. The number of carbonyl (C=O) groups excluding carboxylic acids is 1. The molecule has 2 atom stereocenters. The third-order valence-electron chi connectivity index (χ3n) is 5.15. The number of hydrogen-bond donors (Lipinski definition) is 1. The molecule has 1 aliphatic carbocycles. The number of nitrogens with two attached hydrogens (primary N) is 1. The van der Waals surface area contributed by atoms with E-state index in [4.69, 9.17) is 5.73 Å². The van der Waals surface area contributed by atoms with Crippen molar-refractivity contribution < 1.29 is 4.79 Å². The second-order valence-electron chi connectivity index (χ2n) is 6.77. The molecule has 1 heterocycles. The molecule has 2 fully saturated rings. The number of carbonyl (C=O) groups is 1. The minimum atomic E-state index is 0. The van der Waals surface area contributed by atoms with Gasteiger partial charge in [-0.2, -0.15) is 0 Å². The van der Waals surface area contributed by atoms with E-state index in [-0.39, 0.29) is 30.9 Å². The summed E-state index contributed by atoms with van der Waals surface area (Å²) < 4.78 is 0. The molecule has 1 aromatic rings. The lowest BCUT2D eigenvalue weighted by Crippen LogP contribution is -2.49. The number of benzene rings is 1. The van der Waals surface area contributed by atoms with E-state index in [2.05, 4.69) is 36.1 Å². The largest absolute Gasteiger partial charge is 0.368 e. The maximum atomic E-state index is 12.4. The summed E-state index contributed by atoms with van der Waals surface area (Å²) in [7, 11) is 0. The molecule has 4 nitrogen and oxygen atoms in total. The van der Waals surface area contributed by atoms with Gasteiger partial charge in [-0.25, -0.2) is 0 Å². The van der Waals surface area contributed by atoms with Crippen molar-refractivity contribution in [1.29, 1.82) is 0 Å². The summed E-state index contributed by atoms with van der Waals surface area (Å²) in [5.74, 6) is 0.702. The molecule has 24 heavy (non-hydrogen) atoms. The standard InChI is InChI=1S/C18H27N3O.2ClH/c1-14-4-2-6-16(12-14)20-8-10-21(11-9-20)18(22)13-15-5-3-7-17(15)19;;/h2,4,6,12,15,17H,3,5,7-11,13,19H2,1H3;2*1H/t15-,17+;;/m0../s1. The van der Waals surface area contributed by atoms with Crippen LogP contribution in [-0.4, -0.2) is 43.0 Å². The van der Waals surface area contributed by atoms with Crippen molar-refractivity contribution in [3.8, 4) is 0 Å². The number of piperazine rings is 1. The average Bonchev–Trinajstić information content (AvgIpc) is 2.92. The molecule has 1 aromatic carbocycles. The number of aryl methyl sites for hydroxylation is 1. The Balaban J connectivity index is 0.00000144. The van der Waals surface area contributed by atoms with E-state index in [9.17, 15) is 4.79 Å². The fourth-order valence-corrected chi connectivity index (χ4v) is 3.71. The van der Waals surface area contributed by atoms with E-state index in [1.165, 1.54) is 17.7 Å². The van der Waals surface area contributed by atoms with Crippen LogP contribution in [0.5, 0.6) is 0 Å². The number of rotatable bonds is 3. The summed E-state index contributed by atoms with van der Waals surface area (Å²) in [6.07, 6.45) is 4.03. The Kier molecular flexibility index (Phi) is 8.34. The summed E-state index contributed by atoms with van der Waals surface area (Å²) in [6.45, 7) is 5.62. The van der Waals surface area contributed by atoms with E-state index in [1.807, 2.05) is 4.90 Å². The predicted molar refractivity (Wildman–Crippen MR) is 104 cm³/mol. The van der Waals surface area contributed by atoms with Gasteiger partial charge in [-0.3, -0.25) is 4.79 Å². The lowest BCUT2D eigenvalue weighted by Gasteiger charge is -2.36. The zero-order valence-electron chi connectivity index (χ0n) is 14.3. The first-order chi connectivity index (χ1) is 10.6. The van der Waals surface area contributed by atoms with Crippen LogP contribution in [0, 0.1) is 12.8 Å². The van der Waals surface area contributed by atoms with E-state index >= 15 is 0 Å². The summed E-state index contributed by atoms with van der Waals surface area (Å²) >= 11 is 0. The predicted octanol–water partition coefficient (Wildman–Crippen LogP) is 3.00. The molecule has 0 radical (unpaired) electrons. The first-order valence-corrected chi connectivity index (χ1v) is 8.48. The van der Waals surface area contributed by atoms with Gasteiger partial charge >= 0.3 is 0 Å². The van der Waals surface area contributed by atoms with Crippen LogP contribution in [-0.2, 0) is 4.79 Å². The molecule has 1 saturated carbocycles. The monoisotopic (exact) mass is 373 g/mol. The highest BCUT2D eigenvalue weighted by Gasteiger charge is 2.29. The quantitative estimate of drug-likeness (QED) is 0.885. The van der Waals surface area contributed by atoms with Gasteiger partial charge in [0.1, 0.15) is 0 Å². The number of hydrogen-bond acceptors (Lipinski definition) is 3. The summed E-state index contributed by atoms with van der Waals surface area (Å²) in [5.41, 5.74) is 8.64. The molecular formula is C18H29Cl2N3O. The molecule has 0 spiro atoms. The van der Waals surface area contributed by atoms with Crippen molar-refractivity contribution in [2.45, 2.75) is 38.6 Å². The first-order valence-electron chi connectivity index (χ1n) is 8.48. The molecular weight excluding hydrogens is 345 g/mol. The summed E-state index contributed by atoms with van der Waals surface area (Å²) in [6, 6.07) is 8.83. The zero-order valence-corrected chi connectivity index (χ0v) is 16.0. The van der Waals surface area contributed by atoms with Crippen molar-refractivity contribution in [3.63, 3.8) is 0 Å². The highest BCUT2D eigenvalue weighted by Crippen LogP contribution is 2.27. The van der Waals surface area contributed by atoms with Gasteiger partial charge in [0.25, 0.3) is 0 Å². The molecule has 1 aliphatic heterocycles. The minimum absolute atomic E-state index is 0. The summed E-state index contributed by atoms with van der Waals surface area (Å²) in [5, 5.41) is 0. The van der Waals surface area contributed by atoms with E-state index < -0.39 is 0 Å². The van der Waals surface area contributed by atoms with Gasteiger partial charge in [0, 0.05) is 44.3 Å². The van der Waals surface area contributed by atoms with Gasteiger partial charge in [0.15, 0.2) is 0 Å². The third kappa shape index (κ3) is 5.01. The zero-order chi connectivity index (χ0) is 15.5.